The minimum absolute atomic E-state index is 0.206. The van der Waals surface area contributed by atoms with Crippen LogP contribution in [0.2, 0.25) is 0 Å². The van der Waals surface area contributed by atoms with E-state index in [1.54, 1.807) is 17.0 Å². The van der Waals surface area contributed by atoms with Crippen molar-refractivity contribution in [2.45, 2.75) is 25.4 Å². The average molecular weight is 294 g/mol. The molecule has 2 aliphatic heterocycles. The summed E-state index contributed by atoms with van der Waals surface area (Å²) in [5.74, 6) is 0.372. The number of hydrogen-bond donors (Lipinski definition) is 1. The Balaban J connectivity index is 1.70. The van der Waals surface area contributed by atoms with E-state index in [1.165, 1.54) is 0 Å². The van der Waals surface area contributed by atoms with Gasteiger partial charge in [-0.3, -0.25) is 4.79 Å². The highest BCUT2D eigenvalue weighted by Crippen LogP contribution is 2.29. The molecule has 0 saturated carbocycles. The fraction of sp³-hybridized carbons (Fsp3) is 0.571. The standard InChI is InChI=1S/C14H18N2O5/c1-2-19-11-5-4-10(20-11)12(17)16-7-3-6-14(9-16)8-15-13(18)21-14/h4-5H,2-3,6-9H2,1H3,(H,15,18)/t14-/m0/s1. The molecule has 2 fully saturated rings. The molecule has 3 rings (SSSR count). The summed E-state index contributed by atoms with van der Waals surface area (Å²) in [4.78, 5) is 25.4. The lowest BCUT2D eigenvalue weighted by molar-refractivity contribution is -0.00616. The third-order valence-corrected chi connectivity index (χ3v) is 3.77. The van der Waals surface area contributed by atoms with Gasteiger partial charge in [0.25, 0.3) is 11.9 Å². The topological polar surface area (TPSA) is 81.0 Å². The van der Waals surface area contributed by atoms with Crippen LogP contribution in [0.25, 0.3) is 0 Å². The van der Waals surface area contributed by atoms with Crippen LogP contribution in [0.4, 0.5) is 4.79 Å². The van der Waals surface area contributed by atoms with Gasteiger partial charge in [-0.2, -0.15) is 0 Å². The molecule has 2 aliphatic rings. The first-order valence-electron chi connectivity index (χ1n) is 7.11. The van der Waals surface area contributed by atoms with E-state index in [-0.39, 0.29) is 11.7 Å². The molecule has 2 saturated heterocycles. The van der Waals surface area contributed by atoms with Crippen molar-refractivity contribution < 1.29 is 23.5 Å². The Labute approximate surface area is 122 Å². The van der Waals surface area contributed by atoms with Crippen molar-refractivity contribution in [3.8, 4) is 5.95 Å². The van der Waals surface area contributed by atoms with Gasteiger partial charge in [0.05, 0.1) is 19.7 Å². The van der Waals surface area contributed by atoms with Gasteiger partial charge in [0.15, 0.2) is 5.76 Å². The molecule has 0 bridgehead atoms. The van der Waals surface area contributed by atoms with E-state index in [9.17, 15) is 9.59 Å². The van der Waals surface area contributed by atoms with Gasteiger partial charge in [0.2, 0.25) is 0 Å². The first-order valence-corrected chi connectivity index (χ1v) is 7.11. The maximum atomic E-state index is 12.5. The van der Waals surface area contributed by atoms with Crippen molar-refractivity contribution in [3.63, 3.8) is 0 Å². The highest BCUT2D eigenvalue weighted by molar-refractivity contribution is 5.91. The molecular formula is C14H18N2O5. The zero-order chi connectivity index (χ0) is 14.9. The summed E-state index contributed by atoms with van der Waals surface area (Å²) in [5.41, 5.74) is -0.597. The van der Waals surface area contributed by atoms with Crippen LogP contribution in [0, 0.1) is 0 Å². The Morgan fingerprint density at radius 1 is 1.52 bits per heavy atom. The number of hydrogen-bond acceptors (Lipinski definition) is 5. The van der Waals surface area contributed by atoms with Gasteiger partial charge in [-0.25, -0.2) is 4.79 Å². The predicted molar refractivity (Wildman–Crippen MR) is 72.2 cm³/mol. The number of amides is 2. The van der Waals surface area contributed by atoms with Gasteiger partial charge >= 0.3 is 6.09 Å². The highest BCUT2D eigenvalue weighted by Gasteiger charge is 2.45. The number of carbonyl (C=O) groups excluding carboxylic acids is 2. The lowest BCUT2D eigenvalue weighted by atomic mass is 9.93. The van der Waals surface area contributed by atoms with Crippen molar-refractivity contribution in [1.29, 1.82) is 0 Å². The number of piperidine rings is 1. The third kappa shape index (κ3) is 2.68. The number of alkyl carbamates (subject to hydrolysis) is 1. The molecule has 0 aromatic carbocycles. The Kier molecular flexibility index (Phi) is 3.48. The Hall–Kier alpha value is -2.18. The van der Waals surface area contributed by atoms with E-state index in [2.05, 4.69) is 5.32 Å². The molecule has 1 aromatic rings. The summed E-state index contributed by atoms with van der Waals surface area (Å²) in [6.45, 7) is 3.78. The Morgan fingerprint density at radius 2 is 2.38 bits per heavy atom. The Morgan fingerprint density at radius 3 is 3.10 bits per heavy atom. The monoisotopic (exact) mass is 294 g/mol. The molecule has 3 heterocycles. The first kappa shape index (κ1) is 13.8. The molecule has 0 aliphatic carbocycles. The van der Waals surface area contributed by atoms with E-state index in [4.69, 9.17) is 13.9 Å². The second-order valence-corrected chi connectivity index (χ2v) is 5.31. The number of carbonyl (C=O) groups is 2. The van der Waals surface area contributed by atoms with Gasteiger partial charge in [0.1, 0.15) is 5.60 Å². The molecule has 2 amide bonds. The maximum absolute atomic E-state index is 12.5. The van der Waals surface area contributed by atoms with E-state index in [1.807, 2.05) is 6.92 Å². The fourth-order valence-corrected chi connectivity index (χ4v) is 2.81. The van der Waals surface area contributed by atoms with Crippen molar-refractivity contribution in [1.82, 2.24) is 10.2 Å². The largest absolute Gasteiger partial charge is 0.465 e. The molecule has 1 atom stereocenters. The van der Waals surface area contributed by atoms with Gasteiger partial charge in [-0.1, -0.05) is 0 Å². The van der Waals surface area contributed by atoms with Gasteiger partial charge in [0, 0.05) is 12.6 Å². The smallest absolute Gasteiger partial charge is 0.407 e. The quantitative estimate of drug-likeness (QED) is 0.911. The van der Waals surface area contributed by atoms with Crippen LogP contribution >= 0.6 is 0 Å². The number of nitrogens with one attached hydrogen (secondary N) is 1. The summed E-state index contributed by atoms with van der Waals surface area (Å²) in [6, 6.07) is 3.24. The molecule has 1 N–H and O–H groups in total. The number of furan rings is 1. The summed E-state index contributed by atoms with van der Waals surface area (Å²) in [5, 5.41) is 2.66. The van der Waals surface area contributed by atoms with Crippen LogP contribution in [0.5, 0.6) is 5.95 Å². The van der Waals surface area contributed by atoms with Crippen molar-refractivity contribution in [2.75, 3.05) is 26.2 Å². The molecule has 0 unspecified atom stereocenters. The fourth-order valence-electron chi connectivity index (χ4n) is 2.81. The summed E-state index contributed by atoms with van der Waals surface area (Å²) >= 11 is 0. The van der Waals surface area contributed by atoms with E-state index in [0.29, 0.717) is 32.2 Å². The Bertz CT molecular complexity index is 555. The maximum Gasteiger partial charge on any atom is 0.407 e. The molecule has 1 aromatic heterocycles. The van der Waals surface area contributed by atoms with Crippen molar-refractivity contribution in [2.24, 2.45) is 0 Å². The number of rotatable bonds is 3. The molecule has 7 nitrogen and oxygen atoms in total. The van der Waals surface area contributed by atoms with Crippen LogP contribution in [-0.2, 0) is 4.74 Å². The molecular weight excluding hydrogens is 276 g/mol. The highest BCUT2D eigenvalue weighted by atomic mass is 16.6. The van der Waals surface area contributed by atoms with Gasteiger partial charge in [-0.15, -0.1) is 0 Å². The predicted octanol–water partition coefficient (Wildman–Crippen LogP) is 1.39. The summed E-state index contributed by atoms with van der Waals surface area (Å²) in [7, 11) is 0. The van der Waals surface area contributed by atoms with E-state index < -0.39 is 11.7 Å². The summed E-state index contributed by atoms with van der Waals surface area (Å²) < 4.78 is 15.9. The number of ether oxygens (including phenoxy) is 2. The lowest BCUT2D eigenvalue weighted by Gasteiger charge is -2.37. The zero-order valence-corrected chi connectivity index (χ0v) is 11.9. The summed E-state index contributed by atoms with van der Waals surface area (Å²) in [6.07, 6.45) is 1.14. The van der Waals surface area contributed by atoms with Crippen LogP contribution in [0.1, 0.15) is 30.3 Å². The molecule has 21 heavy (non-hydrogen) atoms. The molecule has 7 heteroatoms. The molecule has 0 radical (unpaired) electrons. The minimum atomic E-state index is -0.597. The lowest BCUT2D eigenvalue weighted by Crippen LogP contribution is -2.52. The number of nitrogens with zero attached hydrogens (tertiary/aromatic N) is 1. The van der Waals surface area contributed by atoms with Gasteiger partial charge < -0.3 is 24.1 Å². The number of likely N-dealkylation sites (tertiary alicyclic amines) is 1. The molecule has 1 spiro atoms. The van der Waals surface area contributed by atoms with Crippen molar-refractivity contribution >= 4 is 12.0 Å². The van der Waals surface area contributed by atoms with Crippen molar-refractivity contribution in [3.05, 3.63) is 17.9 Å². The van der Waals surface area contributed by atoms with E-state index in [0.717, 1.165) is 12.8 Å². The van der Waals surface area contributed by atoms with Crippen LogP contribution in [-0.4, -0.2) is 48.7 Å². The van der Waals surface area contributed by atoms with Crippen LogP contribution in [0.3, 0.4) is 0 Å². The second-order valence-electron chi connectivity index (χ2n) is 5.31. The van der Waals surface area contributed by atoms with Gasteiger partial charge in [-0.05, 0) is 25.8 Å². The zero-order valence-electron chi connectivity index (χ0n) is 11.9. The average Bonchev–Trinajstić information content (AvgIpc) is 3.06. The normalized spacial score (nSPS) is 24.8. The van der Waals surface area contributed by atoms with E-state index >= 15 is 0 Å². The molecule has 114 valence electrons. The second kappa shape index (κ2) is 5.31. The first-order chi connectivity index (χ1) is 10.1. The SMILES string of the molecule is CCOc1ccc(C(=O)N2CCC[C@]3(CNC(=O)O3)C2)o1. The third-order valence-electron chi connectivity index (χ3n) is 3.77. The van der Waals surface area contributed by atoms with Crippen LogP contribution in [0.15, 0.2) is 16.5 Å². The minimum Gasteiger partial charge on any atom is -0.465 e. The van der Waals surface area contributed by atoms with Crippen LogP contribution < -0.4 is 10.1 Å².